The molecule has 1 amide bonds. The second-order valence-electron chi connectivity index (χ2n) is 9.37. The van der Waals surface area contributed by atoms with E-state index in [9.17, 15) is 4.79 Å². The summed E-state index contributed by atoms with van der Waals surface area (Å²) in [7, 11) is 0. The maximum absolute atomic E-state index is 12.0. The molecule has 4 nitrogen and oxygen atoms in total. The molecule has 4 aliphatic rings. The fourth-order valence-electron chi connectivity index (χ4n) is 6.27. The van der Waals surface area contributed by atoms with Crippen LogP contribution in [0.4, 0.5) is 0 Å². The molecule has 2 N–H and O–H groups in total. The zero-order chi connectivity index (χ0) is 18.0. The molecule has 4 aliphatic carbocycles. The van der Waals surface area contributed by atoms with Crippen LogP contribution < -0.4 is 5.32 Å². The van der Waals surface area contributed by atoms with E-state index in [0.29, 0.717) is 11.8 Å². The number of aromatic nitrogens is 2. The number of hydrogen-bond acceptors (Lipinski definition) is 2. The lowest BCUT2D eigenvalue weighted by Gasteiger charge is -2.56. The molecule has 144 valence electrons. The van der Waals surface area contributed by atoms with E-state index in [1.54, 1.807) is 0 Å². The number of H-pyrrole nitrogens is 1. The average Bonchev–Trinajstić information content (AvgIpc) is 3.08. The first-order chi connectivity index (χ1) is 12.7. The Balaban J connectivity index is 1.27. The molecule has 0 atom stereocenters. The summed E-state index contributed by atoms with van der Waals surface area (Å²) in [6.07, 6.45) is 16.5. The van der Waals surface area contributed by atoms with Gasteiger partial charge in [-0.3, -0.25) is 4.79 Å². The van der Waals surface area contributed by atoms with Crippen molar-refractivity contribution < 1.29 is 4.79 Å². The standard InChI is InChI=1S/C22H35N3O/c1-2-3-4-5-8-23-20(26)7-6-19-15-24-21(25-19)22-12-16-9-17(13-22)11-18(10-16)14-22/h15-18H,2-14H2,1H3,(H,23,26)(H,24,25). The fourth-order valence-corrected chi connectivity index (χ4v) is 6.27. The SMILES string of the molecule is CCCCCCNC(=O)CCc1cnc(C23CC4CC(CC(C4)C2)C3)[nH]1. The van der Waals surface area contributed by atoms with Gasteiger partial charge in [0.1, 0.15) is 5.82 Å². The summed E-state index contributed by atoms with van der Waals surface area (Å²) >= 11 is 0. The number of unbranched alkanes of at least 4 members (excludes halogenated alkanes) is 3. The summed E-state index contributed by atoms with van der Waals surface area (Å²) in [5.41, 5.74) is 1.46. The maximum Gasteiger partial charge on any atom is 0.220 e. The molecule has 0 unspecified atom stereocenters. The van der Waals surface area contributed by atoms with Gasteiger partial charge in [0.05, 0.1) is 0 Å². The zero-order valence-corrected chi connectivity index (χ0v) is 16.4. The van der Waals surface area contributed by atoms with Gasteiger partial charge in [-0.2, -0.15) is 0 Å². The number of imidazole rings is 1. The summed E-state index contributed by atoms with van der Waals surface area (Å²) in [4.78, 5) is 20.4. The molecule has 0 aliphatic heterocycles. The summed E-state index contributed by atoms with van der Waals surface area (Å²) in [6.45, 7) is 3.03. The third-order valence-corrected chi connectivity index (χ3v) is 7.14. The molecule has 0 radical (unpaired) electrons. The van der Waals surface area contributed by atoms with Crippen molar-refractivity contribution in [1.29, 1.82) is 0 Å². The summed E-state index contributed by atoms with van der Waals surface area (Å²) in [5.74, 6) is 4.22. The molecule has 4 bridgehead atoms. The van der Waals surface area contributed by atoms with E-state index in [-0.39, 0.29) is 5.91 Å². The molecule has 5 rings (SSSR count). The Hall–Kier alpha value is -1.32. The molecular formula is C22H35N3O. The highest BCUT2D eigenvalue weighted by atomic mass is 16.1. The molecule has 26 heavy (non-hydrogen) atoms. The van der Waals surface area contributed by atoms with E-state index in [0.717, 1.165) is 42.8 Å². The first kappa shape index (κ1) is 18.1. The van der Waals surface area contributed by atoms with Crippen LogP contribution in [0.3, 0.4) is 0 Å². The second kappa shape index (κ2) is 7.74. The smallest absolute Gasteiger partial charge is 0.220 e. The molecule has 0 aromatic carbocycles. The Morgan fingerprint density at radius 1 is 1.15 bits per heavy atom. The van der Waals surface area contributed by atoms with Crippen LogP contribution in [0.2, 0.25) is 0 Å². The van der Waals surface area contributed by atoms with E-state index in [2.05, 4.69) is 17.2 Å². The first-order valence-electron chi connectivity index (χ1n) is 11.0. The van der Waals surface area contributed by atoms with Crippen molar-refractivity contribution in [2.75, 3.05) is 6.54 Å². The van der Waals surface area contributed by atoms with E-state index in [1.807, 2.05) is 6.20 Å². The number of nitrogens with one attached hydrogen (secondary N) is 2. The Morgan fingerprint density at radius 3 is 2.50 bits per heavy atom. The highest BCUT2D eigenvalue weighted by molar-refractivity contribution is 5.76. The van der Waals surface area contributed by atoms with Crippen LogP contribution in [0.5, 0.6) is 0 Å². The lowest BCUT2D eigenvalue weighted by Crippen LogP contribution is -2.49. The molecule has 4 heteroatoms. The summed E-state index contributed by atoms with van der Waals surface area (Å²) in [6, 6.07) is 0. The molecule has 1 heterocycles. The van der Waals surface area contributed by atoms with Crippen LogP contribution in [-0.4, -0.2) is 22.4 Å². The molecule has 4 saturated carbocycles. The van der Waals surface area contributed by atoms with Crippen molar-refractivity contribution >= 4 is 5.91 Å². The third kappa shape index (κ3) is 3.84. The molecule has 0 saturated heterocycles. The van der Waals surface area contributed by atoms with Gasteiger partial charge in [0.25, 0.3) is 0 Å². The van der Waals surface area contributed by atoms with Gasteiger partial charge in [0.15, 0.2) is 0 Å². The van der Waals surface area contributed by atoms with Crippen molar-refractivity contribution in [3.05, 3.63) is 17.7 Å². The Morgan fingerprint density at radius 2 is 1.85 bits per heavy atom. The minimum atomic E-state index is 0.174. The average molecular weight is 358 g/mol. The quantitative estimate of drug-likeness (QED) is 0.639. The van der Waals surface area contributed by atoms with Crippen LogP contribution in [-0.2, 0) is 16.6 Å². The van der Waals surface area contributed by atoms with Gasteiger partial charge in [0, 0.05) is 30.3 Å². The predicted molar refractivity (Wildman–Crippen MR) is 104 cm³/mol. The third-order valence-electron chi connectivity index (χ3n) is 7.14. The van der Waals surface area contributed by atoms with Crippen molar-refractivity contribution in [2.45, 2.75) is 89.4 Å². The summed E-state index contributed by atoms with van der Waals surface area (Å²) in [5, 5.41) is 3.05. The van der Waals surface area contributed by atoms with Gasteiger partial charge >= 0.3 is 0 Å². The molecule has 1 aromatic heterocycles. The van der Waals surface area contributed by atoms with Crippen molar-refractivity contribution in [1.82, 2.24) is 15.3 Å². The second-order valence-corrected chi connectivity index (χ2v) is 9.37. The van der Waals surface area contributed by atoms with Crippen LogP contribution in [0.15, 0.2) is 6.20 Å². The van der Waals surface area contributed by atoms with Gasteiger partial charge in [0.2, 0.25) is 5.91 Å². The normalized spacial score (nSPS) is 32.1. The molecule has 0 spiro atoms. The largest absolute Gasteiger partial charge is 0.356 e. The topological polar surface area (TPSA) is 57.8 Å². The first-order valence-corrected chi connectivity index (χ1v) is 11.0. The number of amides is 1. The predicted octanol–water partition coefficient (Wildman–Crippen LogP) is 4.51. The van der Waals surface area contributed by atoms with E-state index in [4.69, 9.17) is 4.98 Å². The van der Waals surface area contributed by atoms with Crippen LogP contribution in [0.25, 0.3) is 0 Å². The van der Waals surface area contributed by atoms with Crippen molar-refractivity contribution in [3.8, 4) is 0 Å². The number of nitrogens with zero attached hydrogens (tertiary/aromatic N) is 1. The Bertz CT molecular complexity index is 585. The number of carbonyl (C=O) groups is 1. The van der Waals surface area contributed by atoms with Gasteiger partial charge < -0.3 is 10.3 Å². The van der Waals surface area contributed by atoms with Gasteiger partial charge in [-0.15, -0.1) is 0 Å². The Labute approximate surface area is 157 Å². The number of carbonyl (C=O) groups excluding carboxylic acids is 1. The van der Waals surface area contributed by atoms with E-state index in [1.165, 1.54) is 63.6 Å². The number of aryl methyl sites for hydroxylation is 1. The number of rotatable bonds is 9. The van der Waals surface area contributed by atoms with Gasteiger partial charge in [-0.25, -0.2) is 4.98 Å². The van der Waals surface area contributed by atoms with Gasteiger partial charge in [-0.1, -0.05) is 26.2 Å². The van der Waals surface area contributed by atoms with Crippen LogP contribution in [0.1, 0.15) is 89.1 Å². The molecule has 1 aromatic rings. The Kier molecular flexibility index (Phi) is 5.37. The number of aromatic amines is 1. The lowest BCUT2D eigenvalue weighted by molar-refractivity contribution is -0.121. The monoisotopic (exact) mass is 357 g/mol. The van der Waals surface area contributed by atoms with Crippen LogP contribution >= 0.6 is 0 Å². The maximum atomic E-state index is 12.0. The van der Waals surface area contributed by atoms with Crippen molar-refractivity contribution in [3.63, 3.8) is 0 Å². The molecular weight excluding hydrogens is 322 g/mol. The highest BCUT2D eigenvalue weighted by Crippen LogP contribution is 2.60. The minimum absolute atomic E-state index is 0.174. The highest BCUT2D eigenvalue weighted by Gasteiger charge is 2.52. The van der Waals surface area contributed by atoms with Crippen molar-refractivity contribution in [2.24, 2.45) is 17.8 Å². The zero-order valence-electron chi connectivity index (χ0n) is 16.4. The van der Waals surface area contributed by atoms with Gasteiger partial charge in [-0.05, 0) is 69.1 Å². The van der Waals surface area contributed by atoms with Crippen LogP contribution in [0, 0.1) is 17.8 Å². The van der Waals surface area contributed by atoms with E-state index < -0.39 is 0 Å². The number of hydrogen-bond donors (Lipinski definition) is 2. The lowest BCUT2D eigenvalue weighted by atomic mass is 9.49. The molecule has 4 fully saturated rings. The minimum Gasteiger partial charge on any atom is -0.356 e. The summed E-state index contributed by atoms with van der Waals surface area (Å²) < 4.78 is 0. The fraction of sp³-hybridized carbons (Fsp3) is 0.818. The van der Waals surface area contributed by atoms with E-state index >= 15 is 0 Å².